The summed E-state index contributed by atoms with van der Waals surface area (Å²) >= 11 is 12.7. The van der Waals surface area contributed by atoms with Crippen LogP contribution in [0, 0.1) is 0 Å². The second-order valence-corrected chi connectivity index (χ2v) is 7.77. The van der Waals surface area contributed by atoms with Crippen LogP contribution >= 0.6 is 35.2 Å². The molecule has 0 bridgehead atoms. The second kappa shape index (κ2) is 8.65. The molecule has 3 rings (SSSR count). The van der Waals surface area contributed by atoms with Crippen LogP contribution in [0.4, 0.5) is 5.00 Å². The Morgan fingerprint density at radius 3 is 2.81 bits per heavy atom. The highest BCUT2D eigenvalue weighted by Crippen LogP contribution is 2.39. The van der Waals surface area contributed by atoms with Gasteiger partial charge in [0.2, 0.25) is 5.91 Å². The number of nitrogens with one attached hydrogen (secondary N) is 2. The molecule has 0 spiro atoms. The zero-order chi connectivity index (χ0) is 19.4. The van der Waals surface area contributed by atoms with Crippen molar-refractivity contribution in [3.63, 3.8) is 0 Å². The van der Waals surface area contributed by atoms with Gasteiger partial charge in [-0.25, -0.2) is 4.79 Å². The highest BCUT2D eigenvalue weighted by atomic mass is 35.5. The van der Waals surface area contributed by atoms with Crippen LogP contribution in [0.5, 0.6) is 0 Å². The van der Waals surface area contributed by atoms with E-state index in [1.165, 1.54) is 24.5 Å². The molecule has 1 aromatic carbocycles. The molecular formula is C19H17ClN2O3S2. The predicted molar refractivity (Wildman–Crippen MR) is 113 cm³/mol. The van der Waals surface area contributed by atoms with E-state index in [2.05, 4.69) is 10.6 Å². The first-order chi connectivity index (χ1) is 13.0. The predicted octanol–water partition coefficient (Wildman–Crippen LogP) is 4.20. The van der Waals surface area contributed by atoms with Crippen LogP contribution in [0.2, 0.25) is 5.02 Å². The molecule has 0 atom stereocenters. The Bertz CT molecular complexity index is 937. The van der Waals surface area contributed by atoms with Crippen molar-refractivity contribution in [1.82, 2.24) is 5.32 Å². The first-order valence-electron chi connectivity index (χ1n) is 8.27. The van der Waals surface area contributed by atoms with Gasteiger partial charge in [0.1, 0.15) is 5.00 Å². The number of thiocarbonyl (C=S) groups is 1. The Balaban J connectivity index is 1.67. The fourth-order valence-electron chi connectivity index (χ4n) is 2.87. The maximum Gasteiger partial charge on any atom is 0.341 e. The number of amides is 1. The van der Waals surface area contributed by atoms with Crippen LogP contribution in [0.1, 0.15) is 32.8 Å². The Morgan fingerprint density at radius 2 is 2.07 bits per heavy atom. The summed E-state index contributed by atoms with van der Waals surface area (Å²) in [7, 11) is 1.35. The molecule has 0 saturated heterocycles. The number of aryl methyl sites for hydroxylation is 1. The number of halogens is 1. The monoisotopic (exact) mass is 420 g/mol. The van der Waals surface area contributed by atoms with E-state index < -0.39 is 11.9 Å². The van der Waals surface area contributed by atoms with Crippen molar-refractivity contribution in [1.29, 1.82) is 0 Å². The van der Waals surface area contributed by atoms with Gasteiger partial charge in [-0.15, -0.1) is 11.3 Å². The van der Waals surface area contributed by atoms with Gasteiger partial charge in [-0.2, -0.15) is 0 Å². The summed E-state index contributed by atoms with van der Waals surface area (Å²) in [5, 5.41) is 6.80. The third-order valence-corrected chi connectivity index (χ3v) is 5.85. The number of esters is 1. The molecular weight excluding hydrogens is 404 g/mol. The molecule has 1 aliphatic carbocycles. The molecule has 1 amide bonds. The van der Waals surface area contributed by atoms with Crippen molar-refractivity contribution < 1.29 is 14.3 Å². The van der Waals surface area contributed by atoms with Gasteiger partial charge >= 0.3 is 5.97 Å². The van der Waals surface area contributed by atoms with E-state index in [9.17, 15) is 9.59 Å². The molecule has 5 nitrogen and oxygen atoms in total. The van der Waals surface area contributed by atoms with Crippen LogP contribution in [0.15, 0.2) is 30.3 Å². The lowest BCUT2D eigenvalue weighted by Crippen LogP contribution is -2.33. The SMILES string of the molecule is COC(=O)c1c(NC(=S)NC(=O)C=Cc2ccccc2Cl)sc2c1CCC2. The van der Waals surface area contributed by atoms with E-state index in [0.717, 1.165) is 35.3 Å². The molecule has 0 saturated carbocycles. The van der Waals surface area contributed by atoms with Gasteiger partial charge in [0.05, 0.1) is 12.7 Å². The van der Waals surface area contributed by atoms with Gasteiger partial charge in [0, 0.05) is 16.0 Å². The molecule has 27 heavy (non-hydrogen) atoms. The number of thiophene rings is 1. The fourth-order valence-corrected chi connectivity index (χ4v) is 4.62. The van der Waals surface area contributed by atoms with E-state index in [1.807, 2.05) is 12.1 Å². The Labute approximate surface area is 171 Å². The summed E-state index contributed by atoms with van der Waals surface area (Å²) in [5.41, 5.74) is 2.26. The lowest BCUT2D eigenvalue weighted by atomic mass is 10.1. The number of anilines is 1. The molecule has 0 radical (unpaired) electrons. The van der Waals surface area contributed by atoms with E-state index in [-0.39, 0.29) is 5.11 Å². The molecule has 0 fully saturated rings. The van der Waals surface area contributed by atoms with Crippen molar-refractivity contribution in [3.05, 3.63) is 56.9 Å². The second-order valence-electron chi connectivity index (χ2n) is 5.85. The number of carbonyl (C=O) groups excluding carboxylic acids is 2. The van der Waals surface area contributed by atoms with Crippen LogP contribution in [-0.2, 0) is 22.4 Å². The Morgan fingerprint density at radius 1 is 1.30 bits per heavy atom. The molecule has 8 heteroatoms. The third-order valence-electron chi connectivity index (χ3n) is 4.09. The number of hydrogen-bond donors (Lipinski definition) is 2. The fraction of sp³-hybridized carbons (Fsp3) is 0.211. The first-order valence-corrected chi connectivity index (χ1v) is 9.87. The van der Waals surface area contributed by atoms with Gasteiger partial charge in [0.15, 0.2) is 5.11 Å². The number of carbonyl (C=O) groups is 2. The average Bonchev–Trinajstić information content (AvgIpc) is 3.21. The van der Waals surface area contributed by atoms with Crippen molar-refractivity contribution >= 4 is 63.2 Å². The van der Waals surface area contributed by atoms with Crippen LogP contribution in [0.3, 0.4) is 0 Å². The zero-order valence-electron chi connectivity index (χ0n) is 14.5. The molecule has 2 aromatic rings. The highest BCUT2D eigenvalue weighted by Gasteiger charge is 2.27. The zero-order valence-corrected chi connectivity index (χ0v) is 16.9. The van der Waals surface area contributed by atoms with E-state index >= 15 is 0 Å². The Kier molecular flexibility index (Phi) is 6.26. The number of hydrogen-bond acceptors (Lipinski definition) is 5. The minimum atomic E-state index is -0.398. The van der Waals surface area contributed by atoms with Gasteiger partial charge in [-0.05, 0) is 54.7 Å². The summed E-state index contributed by atoms with van der Waals surface area (Å²) in [4.78, 5) is 25.4. The van der Waals surface area contributed by atoms with Gasteiger partial charge < -0.3 is 10.1 Å². The summed E-state index contributed by atoms with van der Waals surface area (Å²) < 4.78 is 4.90. The van der Waals surface area contributed by atoms with Crippen LogP contribution < -0.4 is 10.6 Å². The molecule has 140 valence electrons. The van der Waals surface area contributed by atoms with Crippen LogP contribution in [-0.4, -0.2) is 24.1 Å². The van der Waals surface area contributed by atoms with E-state index in [1.54, 1.807) is 18.2 Å². The lowest BCUT2D eigenvalue weighted by Gasteiger charge is -2.09. The van der Waals surface area contributed by atoms with Crippen molar-refractivity contribution in [2.75, 3.05) is 12.4 Å². The van der Waals surface area contributed by atoms with E-state index in [4.69, 9.17) is 28.6 Å². The molecule has 1 heterocycles. The quantitative estimate of drug-likeness (QED) is 0.440. The average molecular weight is 421 g/mol. The first kappa shape index (κ1) is 19.5. The maximum absolute atomic E-state index is 12.1. The van der Waals surface area contributed by atoms with Crippen molar-refractivity contribution in [2.45, 2.75) is 19.3 Å². The number of methoxy groups -OCH3 is 1. The van der Waals surface area contributed by atoms with Crippen LogP contribution in [0.25, 0.3) is 6.08 Å². The lowest BCUT2D eigenvalue weighted by molar-refractivity contribution is -0.115. The highest BCUT2D eigenvalue weighted by molar-refractivity contribution is 7.80. The smallest absolute Gasteiger partial charge is 0.341 e. The third kappa shape index (κ3) is 4.55. The summed E-state index contributed by atoms with van der Waals surface area (Å²) in [6.07, 6.45) is 5.77. The van der Waals surface area contributed by atoms with Crippen molar-refractivity contribution in [3.8, 4) is 0 Å². The maximum atomic E-state index is 12.1. The standard InChI is InChI=1S/C19H17ClN2O3S2/c1-25-18(24)16-12-6-4-8-14(12)27-17(16)22-19(26)21-15(23)10-9-11-5-2-3-7-13(11)20/h2-3,5,7,9-10H,4,6,8H2,1H3,(H2,21,22,23,26). The molecule has 0 unspecified atom stereocenters. The number of fused-ring (bicyclic) bond motifs is 1. The number of ether oxygens (including phenoxy) is 1. The van der Waals surface area contributed by atoms with Crippen molar-refractivity contribution in [2.24, 2.45) is 0 Å². The molecule has 1 aliphatic rings. The number of benzene rings is 1. The summed E-state index contributed by atoms with van der Waals surface area (Å²) in [5.74, 6) is -0.791. The number of rotatable bonds is 4. The van der Waals surface area contributed by atoms with E-state index in [0.29, 0.717) is 15.6 Å². The minimum Gasteiger partial charge on any atom is -0.465 e. The van der Waals surface area contributed by atoms with Gasteiger partial charge in [0.25, 0.3) is 0 Å². The molecule has 0 aliphatic heterocycles. The molecule has 1 aromatic heterocycles. The van der Waals surface area contributed by atoms with Gasteiger partial charge in [-0.1, -0.05) is 29.8 Å². The molecule has 2 N–H and O–H groups in total. The topological polar surface area (TPSA) is 67.4 Å². The largest absolute Gasteiger partial charge is 0.465 e. The summed E-state index contributed by atoms with van der Waals surface area (Å²) in [6.45, 7) is 0. The van der Waals surface area contributed by atoms with Gasteiger partial charge in [-0.3, -0.25) is 10.1 Å². The summed E-state index contributed by atoms with van der Waals surface area (Å²) in [6, 6.07) is 7.20. The Hall–Kier alpha value is -2.22. The normalized spacial score (nSPS) is 12.7. The minimum absolute atomic E-state index is 0.119.